The highest BCUT2D eigenvalue weighted by molar-refractivity contribution is 6.62. The average Bonchev–Trinajstić information content (AvgIpc) is 3.06. The minimum Gasteiger partial charge on any atom is -0.457 e. The molecule has 1 aromatic heterocycles. The number of esters is 1. The Kier molecular flexibility index (Phi) is 4.61. The van der Waals surface area contributed by atoms with E-state index in [1.54, 1.807) is 12.3 Å². The number of fused-ring (bicyclic) bond motifs is 1. The molecule has 2 heterocycles. The Morgan fingerprint density at radius 3 is 2.52 bits per heavy atom. The van der Waals surface area contributed by atoms with Gasteiger partial charge in [-0.3, -0.25) is 9.78 Å². The number of benzene rings is 1. The molecule has 4 rings (SSSR count). The van der Waals surface area contributed by atoms with Crippen molar-refractivity contribution in [3.63, 3.8) is 0 Å². The van der Waals surface area contributed by atoms with Crippen molar-refractivity contribution in [1.82, 2.24) is 4.98 Å². The van der Waals surface area contributed by atoms with E-state index in [9.17, 15) is 9.90 Å². The summed E-state index contributed by atoms with van der Waals surface area (Å²) in [6, 6.07) is 11.1. The van der Waals surface area contributed by atoms with Gasteiger partial charge in [0.1, 0.15) is 11.7 Å². The molecule has 0 spiro atoms. The van der Waals surface area contributed by atoms with Crippen LogP contribution in [0.3, 0.4) is 0 Å². The maximum Gasteiger partial charge on any atom is 0.494 e. The Labute approximate surface area is 171 Å². The molecule has 1 fully saturated rings. The smallest absolute Gasteiger partial charge is 0.457 e. The van der Waals surface area contributed by atoms with E-state index in [1.165, 1.54) is 6.92 Å². The van der Waals surface area contributed by atoms with E-state index in [0.29, 0.717) is 11.3 Å². The second-order valence-electron chi connectivity index (χ2n) is 8.82. The summed E-state index contributed by atoms with van der Waals surface area (Å²) in [4.78, 5) is 16.0. The number of hydrogen-bond acceptors (Lipinski definition) is 6. The van der Waals surface area contributed by atoms with Gasteiger partial charge in [-0.2, -0.15) is 0 Å². The van der Waals surface area contributed by atoms with Crippen molar-refractivity contribution in [2.75, 3.05) is 0 Å². The molecular formula is C22H26BNO5. The molecule has 2 unspecified atom stereocenters. The van der Waals surface area contributed by atoms with Crippen LogP contribution in [0.1, 0.15) is 64.0 Å². The van der Waals surface area contributed by atoms with Gasteiger partial charge in [0.25, 0.3) is 0 Å². The maximum atomic E-state index is 11.6. The van der Waals surface area contributed by atoms with Crippen LogP contribution in [0.25, 0.3) is 0 Å². The minimum atomic E-state index is -1.36. The van der Waals surface area contributed by atoms with Crippen molar-refractivity contribution in [2.24, 2.45) is 0 Å². The fourth-order valence-electron chi connectivity index (χ4n) is 3.98. The minimum absolute atomic E-state index is 0.214. The Morgan fingerprint density at radius 1 is 1.17 bits per heavy atom. The van der Waals surface area contributed by atoms with Crippen molar-refractivity contribution < 1.29 is 23.9 Å². The molecule has 1 saturated heterocycles. The summed E-state index contributed by atoms with van der Waals surface area (Å²) in [5, 5.41) is 11.6. The van der Waals surface area contributed by atoms with Gasteiger partial charge in [-0.25, -0.2) is 0 Å². The van der Waals surface area contributed by atoms with Crippen molar-refractivity contribution >= 4 is 18.6 Å². The van der Waals surface area contributed by atoms with Gasteiger partial charge in [0.2, 0.25) is 0 Å². The van der Waals surface area contributed by atoms with Crippen LogP contribution >= 0.6 is 0 Å². The Morgan fingerprint density at radius 2 is 1.86 bits per heavy atom. The number of carbonyl (C=O) groups is 1. The largest absolute Gasteiger partial charge is 0.494 e. The van der Waals surface area contributed by atoms with Crippen LogP contribution in [-0.4, -0.2) is 34.4 Å². The normalized spacial score (nSPS) is 27.0. The van der Waals surface area contributed by atoms with Gasteiger partial charge in [-0.05, 0) is 44.8 Å². The summed E-state index contributed by atoms with van der Waals surface area (Å²) < 4.78 is 17.8. The summed E-state index contributed by atoms with van der Waals surface area (Å²) in [6.45, 7) is 9.39. The molecule has 2 aliphatic rings. The predicted octanol–water partition coefficient (Wildman–Crippen LogP) is 2.62. The number of aliphatic hydroxyl groups is 1. The summed E-state index contributed by atoms with van der Waals surface area (Å²) in [6.07, 6.45) is 1.31. The summed E-state index contributed by atoms with van der Waals surface area (Å²) in [5.74, 6) is -0.389. The number of carbonyl (C=O) groups excluding carboxylic acids is 1. The van der Waals surface area contributed by atoms with E-state index in [2.05, 4.69) is 4.98 Å². The van der Waals surface area contributed by atoms with Crippen LogP contribution in [0.5, 0.6) is 0 Å². The van der Waals surface area contributed by atoms with Crippen molar-refractivity contribution in [3.8, 4) is 0 Å². The zero-order chi connectivity index (χ0) is 21.0. The van der Waals surface area contributed by atoms with Crippen LogP contribution in [0.2, 0.25) is 0 Å². The first-order valence-electron chi connectivity index (χ1n) is 9.84. The molecule has 1 aliphatic heterocycles. The van der Waals surface area contributed by atoms with Crippen molar-refractivity contribution in [1.29, 1.82) is 0 Å². The third kappa shape index (κ3) is 3.27. The summed E-state index contributed by atoms with van der Waals surface area (Å²) in [5.41, 5.74) is 0.459. The van der Waals surface area contributed by atoms with Crippen LogP contribution in [0.4, 0.5) is 0 Å². The van der Waals surface area contributed by atoms with Gasteiger partial charge in [0, 0.05) is 25.1 Å². The second-order valence-corrected chi connectivity index (χ2v) is 8.82. The Hall–Kier alpha value is -2.22. The van der Waals surface area contributed by atoms with E-state index >= 15 is 0 Å². The van der Waals surface area contributed by atoms with Gasteiger partial charge in [-0.15, -0.1) is 0 Å². The molecule has 0 saturated carbocycles. The first-order chi connectivity index (χ1) is 13.5. The number of nitrogens with zero attached hydrogens (tertiary/aromatic N) is 1. The number of hydrogen-bond donors (Lipinski definition) is 1. The lowest BCUT2D eigenvalue weighted by molar-refractivity contribution is -0.148. The van der Waals surface area contributed by atoms with E-state index in [4.69, 9.17) is 14.0 Å². The third-order valence-corrected chi connectivity index (χ3v) is 6.26. The van der Waals surface area contributed by atoms with E-state index in [-0.39, 0.29) is 12.4 Å². The zero-order valence-corrected chi connectivity index (χ0v) is 17.4. The van der Waals surface area contributed by atoms with Crippen molar-refractivity contribution in [2.45, 2.75) is 63.9 Å². The van der Waals surface area contributed by atoms with Crippen LogP contribution in [0.15, 0.2) is 42.6 Å². The molecule has 0 radical (unpaired) electrons. The molecule has 1 aromatic carbocycles. The fourth-order valence-corrected chi connectivity index (χ4v) is 3.98. The van der Waals surface area contributed by atoms with E-state index in [0.717, 1.165) is 11.0 Å². The molecule has 2 atom stereocenters. The summed E-state index contributed by atoms with van der Waals surface area (Å²) in [7, 11) is -0.530. The molecule has 1 aliphatic carbocycles. The van der Waals surface area contributed by atoms with E-state index in [1.807, 2.05) is 58.0 Å². The molecule has 0 bridgehead atoms. The highest BCUT2D eigenvalue weighted by Gasteiger charge is 2.52. The molecule has 7 heteroatoms. The van der Waals surface area contributed by atoms with Gasteiger partial charge >= 0.3 is 13.1 Å². The van der Waals surface area contributed by atoms with Gasteiger partial charge < -0.3 is 19.2 Å². The van der Waals surface area contributed by atoms with Crippen molar-refractivity contribution in [3.05, 3.63) is 59.4 Å². The first kappa shape index (κ1) is 20.1. The van der Waals surface area contributed by atoms with Gasteiger partial charge in [0.05, 0.1) is 16.9 Å². The second kappa shape index (κ2) is 6.66. The highest BCUT2D eigenvalue weighted by atomic mass is 16.7. The molecule has 1 N–H and O–H groups in total. The Balaban J connectivity index is 1.71. The summed E-state index contributed by atoms with van der Waals surface area (Å²) >= 11 is 0. The van der Waals surface area contributed by atoms with Gasteiger partial charge in [0.15, 0.2) is 0 Å². The van der Waals surface area contributed by atoms with Crippen LogP contribution < -0.4 is 5.46 Å². The first-order valence-corrected chi connectivity index (χ1v) is 9.84. The molecule has 6 nitrogen and oxygen atoms in total. The average molecular weight is 395 g/mol. The monoisotopic (exact) mass is 395 g/mol. The topological polar surface area (TPSA) is 77.9 Å². The fraction of sp³-hybridized carbons (Fsp3) is 0.455. The van der Waals surface area contributed by atoms with Crippen LogP contribution in [-0.2, 0) is 24.4 Å². The molecule has 2 aromatic rings. The number of rotatable bonds is 3. The Bertz CT molecular complexity index is 944. The lowest BCUT2D eigenvalue weighted by atomic mass is 9.76. The SMILES string of the molecule is CC(=O)OC1CC(O)(c2cccc(B3OC(C)(C)C(C)(C)O3)c2)c2ncccc21. The lowest BCUT2D eigenvalue weighted by Gasteiger charge is -2.32. The highest BCUT2D eigenvalue weighted by Crippen LogP contribution is 2.47. The molecule has 152 valence electrons. The zero-order valence-electron chi connectivity index (χ0n) is 17.4. The number of pyridine rings is 1. The van der Waals surface area contributed by atoms with Crippen LogP contribution in [0, 0.1) is 0 Å². The third-order valence-electron chi connectivity index (χ3n) is 6.26. The standard InChI is InChI=1S/C22H26BNO5/c1-14(25)27-18-13-22(26,19-17(18)10-7-11-24-19)15-8-6-9-16(12-15)23-28-20(2,3)21(4,5)29-23/h6-12,18,26H,13H2,1-5H3. The lowest BCUT2D eigenvalue weighted by Crippen LogP contribution is -2.41. The number of aromatic nitrogens is 1. The molecule has 29 heavy (non-hydrogen) atoms. The molecular weight excluding hydrogens is 369 g/mol. The maximum absolute atomic E-state index is 11.6. The van der Waals surface area contributed by atoms with Gasteiger partial charge in [-0.1, -0.05) is 30.3 Å². The predicted molar refractivity (Wildman–Crippen MR) is 109 cm³/mol. The molecule has 0 amide bonds. The van der Waals surface area contributed by atoms with E-state index < -0.39 is 30.0 Å². The number of ether oxygens (including phenoxy) is 1. The quantitative estimate of drug-likeness (QED) is 0.636.